The van der Waals surface area contributed by atoms with Gasteiger partial charge >= 0.3 is 0 Å². The number of aliphatic hydroxyl groups is 1. The number of aliphatic imine (C=N–C) groups is 1. The molecule has 0 saturated heterocycles. The molecule has 0 rings (SSSR count). The Bertz CT molecular complexity index is 303. The molecule has 0 aliphatic heterocycles. The average Bonchev–Trinajstić information content (AvgIpc) is 2.19. The zero-order valence-electron chi connectivity index (χ0n) is 8.23. The van der Waals surface area contributed by atoms with E-state index in [9.17, 15) is 4.79 Å². The predicted octanol–water partition coefficient (Wildman–Crippen LogP) is 2.48. The highest BCUT2D eigenvalue weighted by Gasteiger charge is 2.02. The van der Waals surface area contributed by atoms with Crippen molar-refractivity contribution in [2.24, 2.45) is 4.99 Å². The highest BCUT2D eigenvalue weighted by atomic mass is 32.2. The Morgan fingerprint density at radius 3 is 2.57 bits per heavy atom. The summed E-state index contributed by atoms with van der Waals surface area (Å²) in [6.45, 7) is 5.33. The first-order chi connectivity index (χ1) is 6.69. The van der Waals surface area contributed by atoms with Crippen LogP contribution in [-0.4, -0.2) is 22.7 Å². The van der Waals surface area contributed by atoms with E-state index in [-0.39, 0.29) is 5.57 Å². The molecule has 0 unspecified atom stereocenters. The fourth-order valence-corrected chi connectivity index (χ4v) is 0.872. The third kappa shape index (κ3) is 4.09. The maximum absolute atomic E-state index is 10.5. The summed E-state index contributed by atoms with van der Waals surface area (Å²) >= 11 is 1.47. The molecule has 0 radical (unpaired) electrons. The van der Waals surface area contributed by atoms with Crippen molar-refractivity contribution in [3.8, 4) is 0 Å². The minimum atomic E-state index is 0.137. The van der Waals surface area contributed by atoms with Gasteiger partial charge in [-0.3, -0.25) is 4.79 Å². The lowest BCUT2D eigenvalue weighted by Gasteiger charge is -2.00. The van der Waals surface area contributed by atoms with Gasteiger partial charge in [-0.15, -0.1) is 11.8 Å². The Balaban J connectivity index is 5.06. The van der Waals surface area contributed by atoms with Crippen LogP contribution in [-0.2, 0) is 4.79 Å². The van der Waals surface area contributed by atoms with Gasteiger partial charge in [-0.1, -0.05) is 12.7 Å². The largest absolute Gasteiger partial charge is 0.515 e. The fourth-order valence-electron chi connectivity index (χ4n) is 0.682. The van der Waals surface area contributed by atoms with Gasteiger partial charge in [0.05, 0.1) is 22.6 Å². The van der Waals surface area contributed by atoms with Crippen molar-refractivity contribution in [3.05, 3.63) is 36.3 Å². The summed E-state index contributed by atoms with van der Waals surface area (Å²) in [7, 11) is 0. The van der Waals surface area contributed by atoms with Crippen LogP contribution >= 0.6 is 11.8 Å². The van der Waals surface area contributed by atoms with Crippen LogP contribution in [0, 0.1) is 0 Å². The summed E-state index contributed by atoms with van der Waals surface area (Å²) in [5.74, 6) is 0. The molecule has 4 heteroatoms. The first-order valence-corrected chi connectivity index (χ1v) is 5.14. The minimum absolute atomic E-state index is 0.137. The number of aliphatic hydroxyl groups excluding tert-OH is 1. The number of carbonyl (C=O) groups excluding carboxylic acids is 1. The van der Waals surface area contributed by atoms with E-state index in [0.717, 1.165) is 11.3 Å². The lowest BCUT2D eigenvalue weighted by atomic mass is 10.2. The molecule has 0 amide bonds. The summed E-state index contributed by atoms with van der Waals surface area (Å²) < 4.78 is 0. The Labute approximate surface area is 87.9 Å². The van der Waals surface area contributed by atoms with E-state index in [2.05, 4.69) is 11.6 Å². The van der Waals surface area contributed by atoms with Crippen molar-refractivity contribution in [2.45, 2.75) is 6.92 Å². The third-order valence-corrected chi connectivity index (χ3v) is 2.09. The molecule has 0 aromatic rings. The molecule has 0 fully saturated rings. The molecule has 0 spiro atoms. The molecule has 14 heavy (non-hydrogen) atoms. The maximum Gasteiger partial charge on any atom is 0.155 e. The molecule has 0 atom stereocenters. The van der Waals surface area contributed by atoms with Crippen molar-refractivity contribution in [1.29, 1.82) is 0 Å². The lowest BCUT2D eigenvalue weighted by molar-refractivity contribution is -0.104. The quantitative estimate of drug-likeness (QED) is 0.194. The van der Waals surface area contributed by atoms with Crippen LogP contribution in [0.3, 0.4) is 0 Å². The molecule has 3 nitrogen and oxygen atoms in total. The topological polar surface area (TPSA) is 49.7 Å². The Morgan fingerprint density at radius 1 is 1.57 bits per heavy atom. The zero-order chi connectivity index (χ0) is 11.0. The number of carbonyl (C=O) groups is 1. The van der Waals surface area contributed by atoms with E-state index in [0.29, 0.717) is 12.0 Å². The number of hydrogen-bond acceptors (Lipinski definition) is 4. The van der Waals surface area contributed by atoms with Crippen LogP contribution in [0.2, 0.25) is 0 Å². The molecule has 0 bridgehead atoms. The molecule has 0 saturated carbocycles. The van der Waals surface area contributed by atoms with E-state index in [1.165, 1.54) is 17.8 Å². The fraction of sp³-hybridized carbons (Fsp3) is 0.200. The maximum atomic E-state index is 10.5. The van der Waals surface area contributed by atoms with Crippen LogP contribution in [0.15, 0.2) is 41.3 Å². The van der Waals surface area contributed by atoms with Crippen LogP contribution in [0.5, 0.6) is 0 Å². The van der Waals surface area contributed by atoms with Crippen molar-refractivity contribution < 1.29 is 9.90 Å². The van der Waals surface area contributed by atoms with Gasteiger partial charge in [-0.2, -0.15) is 0 Å². The lowest BCUT2D eigenvalue weighted by Crippen LogP contribution is -1.92. The summed E-state index contributed by atoms with van der Waals surface area (Å²) in [6.07, 6.45) is 6.25. The summed E-state index contributed by atoms with van der Waals surface area (Å²) in [4.78, 5) is 14.7. The second kappa shape index (κ2) is 7.15. The van der Waals surface area contributed by atoms with Gasteiger partial charge in [0.2, 0.25) is 0 Å². The standard InChI is InChI=1S/C10H13NO2S/c1-4-5-10(9(6-12)7-13)11-8(2)14-3/h4-7,12H,1H2,2-3H3/b9-6-,10-5-,11-8?. The van der Waals surface area contributed by atoms with Crippen molar-refractivity contribution in [2.75, 3.05) is 6.26 Å². The van der Waals surface area contributed by atoms with E-state index < -0.39 is 0 Å². The highest BCUT2D eigenvalue weighted by molar-refractivity contribution is 8.13. The van der Waals surface area contributed by atoms with Gasteiger partial charge in [-0.05, 0) is 19.3 Å². The van der Waals surface area contributed by atoms with E-state index in [1.807, 2.05) is 13.2 Å². The average molecular weight is 211 g/mol. The van der Waals surface area contributed by atoms with Gasteiger partial charge in [0.1, 0.15) is 0 Å². The van der Waals surface area contributed by atoms with Crippen LogP contribution in [0.1, 0.15) is 6.92 Å². The van der Waals surface area contributed by atoms with Gasteiger partial charge < -0.3 is 5.11 Å². The minimum Gasteiger partial charge on any atom is -0.515 e. The van der Waals surface area contributed by atoms with Crippen molar-refractivity contribution in [1.82, 2.24) is 0 Å². The van der Waals surface area contributed by atoms with E-state index in [1.54, 1.807) is 6.08 Å². The molecule has 0 heterocycles. The van der Waals surface area contributed by atoms with Gasteiger partial charge in [-0.25, -0.2) is 4.99 Å². The van der Waals surface area contributed by atoms with Crippen LogP contribution in [0.25, 0.3) is 0 Å². The number of aldehydes is 1. The summed E-state index contributed by atoms with van der Waals surface area (Å²) in [5.41, 5.74) is 0.544. The molecule has 1 N–H and O–H groups in total. The number of nitrogens with zero attached hydrogens (tertiary/aromatic N) is 1. The van der Waals surface area contributed by atoms with Gasteiger partial charge in [0, 0.05) is 0 Å². The summed E-state index contributed by atoms with van der Waals surface area (Å²) in [5, 5.41) is 9.57. The van der Waals surface area contributed by atoms with E-state index >= 15 is 0 Å². The summed E-state index contributed by atoms with van der Waals surface area (Å²) in [6, 6.07) is 0. The number of hydrogen-bond donors (Lipinski definition) is 1. The smallest absolute Gasteiger partial charge is 0.155 e. The Hall–Kier alpha value is -1.29. The molecule has 0 aliphatic rings. The normalized spacial score (nSPS) is 14.0. The molecular formula is C10H13NO2S. The van der Waals surface area contributed by atoms with Gasteiger partial charge in [0.15, 0.2) is 6.29 Å². The van der Waals surface area contributed by atoms with Gasteiger partial charge in [0.25, 0.3) is 0 Å². The molecule has 0 aromatic carbocycles. The predicted molar refractivity (Wildman–Crippen MR) is 61.7 cm³/mol. The first-order valence-electron chi connectivity index (χ1n) is 3.91. The zero-order valence-corrected chi connectivity index (χ0v) is 9.04. The second-order valence-electron chi connectivity index (χ2n) is 2.32. The van der Waals surface area contributed by atoms with Crippen LogP contribution in [0.4, 0.5) is 0 Å². The number of thioether (sulfide) groups is 1. The monoisotopic (exact) mass is 211 g/mol. The molecule has 0 aromatic heterocycles. The molecule has 76 valence electrons. The molecule has 0 aliphatic carbocycles. The van der Waals surface area contributed by atoms with Crippen molar-refractivity contribution in [3.63, 3.8) is 0 Å². The Morgan fingerprint density at radius 2 is 2.21 bits per heavy atom. The number of rotatable bonds is 4. The SMILES string of the molecule is C=C/C=C(N=C(C)SC)/C(C=O)=C\O. The Kier molecular flexibility index (Phi) is 6.49. The number of allylic oxidation sites excluding steroid dienone is 3. The molecular weight excluding hydrogens is 198 g/mol. The third-order valence-electron chi connectivity index (χ3n) is 1.41. The van der Waals surface area contributed by atoms with E-state index in [4.69, 9.17) is 5.11 Å². The second-order valence-corrected chi connectivity index (χ2v) is 3.32. The van der Waals surface area contributed by atoms with Crippen LogP contribution < -0.4 is 0 Å². The first kappa shape index (κ1) is 12.7. The highest BCUT2D eigenvalue weighted by Crippen LogP contribution is 2.12. The van der Waals surface area contributed by atoms with Crippen molar-refractivity contribution >= 4 is 23.1 Å².